The number of nitrogens with one attached hydrogen (secondary N) is 3. The fourth-order valence-electron chi connectivity index (χ4n) is 2.34. The molecule has 0 fully saturated rings. The molecule has 28 heavy (non-hydrogen) atoms. The van der Waals surface area contributed by atoms with Gasteiger partial charge in [-0.1, -0.05) is 35.0 Å². The Balaban J connectivity index is 1.83. The first-order valence-electron chi connectivity index (χ1n) is 8.78. The highest BCUT2D eigenvalue weighted by Crippen LogP contribution is 2.04. The molecule has 0 bridgehead atoms. The van der Waals surface area contributed by atoms with Gasteiger partial charge in [0.1, 0.15) is 11.8 Å². The number of hydrogen-bond acceptors (Lipinski definition) is 6. The van der Waals surface area contributed by atoms with Crippen LogP contribution in [0.15, 0.2) is 34.9 Å². The van der Waals surface area contributed by atoms with E-state index in [0.717, 1.165) is 11.1 Å². The summed E-state index contributed by atoms with van der Waals surface area (Å²) in [7, 11) is 0. The molecule has 0 aliphatic carbocycles. The molecule has 150 valence electrons. The van der Waals surface area contributed by atoms with Gasteiger partial charge in [0, 0.05) is 12.6 Å². The van der Waals surface area contributed by atoms with E-state index in [4.69, 9.17) is 4.52 Å². The van der Waals surface area contributed by atoms with Crippen LogP contribution < -0.4 is 16.0 Å². The van der Waals surface area contributed by atoms with Crippen molar-refractivity contribution in [2.75, 3.05) is 6.54 Å². The quantitative estimate of drug-likeness (QED) is 0.511. The summed E-state index contributed by atoms with van der Waals surface area (Å²) >= 11 is 0. The van der Waals surface area contributed by atoms with Gasteiger partial charge in [0.15, 0.2) is 5.69 Å². The minimum absolute atomic E-state index is 0.00760. The van der Waals surface area contributed by atoms with Crippen molar-refractivity contribution in [3.63, 3.8) is 0 Å². The molecule has 0 radical (unpaired) electrons. The number of amides is 3. The number of carbonyl (C=O) groups is 3. The maximum atomic E-state index is 12.3. The van der Waals surface area contributed by atoms with Gasteiger partial charge in [-0.05, 0) is 26.3 Å². The molecule has 0 spiro atoms. The summed E-state index contributed by atoms with van der Waals surface area (Å²) in [5, 5.41) is 20.8. The summed E-state index contributed by atoms with van der Waals surface area (Å²) in [6, 6.07) is 7.85. The lowest BCUT2D eigenvalue weighted by Gasteiger charge is -2.20. The fraction of sp³-hybridized carbons (Fsp3) is 0.368. The highest BCUT2D eigenvalue weighted by atomic mass is 16.5. The normalized spacial score (nSPS) is 12.7. The van der Waals surface area contributed by atoms with Crippen LogP contribution in [-0.4, -0.2) is 46.7 Å². The van der Waals surface area contributed by atoms with Crippen LogP contribution in [-0.2, 0) is 16.1 Å². The Labute approximate surface area is 162 Å². The second kappa shape index (κ2) is 9.65. The molecule has 1 unspecified atom stereocenters. The fourth-order valence-corrected chi connectivity index (χ4v) is 2.34. The highest BCUT2D eigenvalue weighted by Gasteiger charge is 2.27. The van der Waals surface area contributed by atoms with Crippen molar-refractivity contribution in [3.8, 4) is 0 Å². The molecule has 1 aromatic heterocycles. The molecule has 2 rings (SSSR count). The second-order valence-electron chi connectivity index (χ2n) is 6.49. The smallest absolute Gasteiger partial charge is 0.274 e. The van der Waals surface area contributed by atoms with Crippen LogP contribution in [0.3, 0.4) is 0 Å². The molecule has 9 nitrogen and oxygen atoms in total. The van der Waals surface area contributed by atoms with E-state index in [1.165, 1.54) is 13.0 Å². The molecular formula is C19H24N4O5. The van der Waals surface area contributed by atoms with E-state index in [-0.39, 0.29) is 12.2 Å². The van der Waals surface area contributed by atoms with Gasteiger partial charge in [-0.25, -0.2) is 0 Å². The van der Waals surface area contributed by atoms with E-state index in [2.05, 4.69) is 21.1 Å². The number of rotatable bonds is 8. The standard InChI is InChI=1S/C19H24N4O5/c1-11-4-6-14(7-5-11)9-20-16(25)10-21-19(27)17(13(3)24)22-18(26)15-8-12(2)28-23-15/h4-8,13,17,24H,9-10H2,1-3H3,(H,20,25)(H,21,27)(H,22,26)/t13-,17?/m1/s1. The summed E-state index contributed by atoms with van der Waals surface area (Å²) in [5.74, 6) is -1.30. The predicted octanol–water partition coefficient (Wildman–Crippen LogP) is 0.203. The molecule has 9 heteroatoms. The number of aromatic nitrogens is 1. The summed E-state index contributed by atoms with van der Waals surface area (Å²) < 4.78 is 4.81. The number of carbonyl (C=O) groups excluding carboxylic acids is 3. The van der Waals surface area contributed by atoms with Crippen LogP contribution in [0.25, 0.3) is 0 Å². The molecule has 0 saturated heterocycles. The Morgan fingerprint density at radius 1 is 1.14 bits per heavy atom. The SMILES string of the molecule is Cc1ccc(CNC(=O)CNC(=O)C(NC(=O)c2cc(C)on2)[C@@H](C)O)cc1. The Hall–Kier alpha value is -3.20. The topological polar surface area (TPSA) is 134 Å². The first-order chi connectivity index (χ1) is 13.3. The Morgan fingerprint density at radius 2 is 1.82 bits per heavy atom. The van der Waals surface area contributed by atoms with Gasteiger partial charge in [-0.15, -0.1) is 0 Å². The van der Waals surface area contributed by atoms with E-state index >= 15 is 0 Å². The lowest BCUT2D eigenvalue weighted by molar-refractivity contribution is -0.128. The maximum Gasteiger partial charge on any atom is 0.274 e. The van der Waals surface area contributed by atoms with Gasteiger partial charge in [0.2, 0.25) is 11.8 Å². The molecular weight excluding hydrogens is 364 g/mol. The van der Waals surface area contributed by atoms with E-state index in [1.54, 1.807) is 6.92 Å². The number of hydrogen-bond donors (Lipinski definition) is 4. The number of aliphatic hydroxyl groups excluding tert-OH is 1. The lowest BCUT2D eigenvalue weighted by atomic mass is 10.1. The van der Waals surface area contributed by atoms with E-state index in [1.807, 2.05) is 31.2 Å². The number of aryl methyl sites for hydroxylation is 2. The minimum atomic E-state index is -1.24. The zero-order valence-electron chi connectivity index (χ0n) is 16.0. The zero-order chi connectivity index (χ0) is 20.7. The van der Waals surface area contributed by atoms with Crippen LogP contribution in [0.1, 0.15) is 34.3 Å². The second-order valence-corrected chi connectivity index (χ2v) is 6.49. The molecule has 4 N–H and O–H groups in total. The van der Waals surface area contributed by atoms with Crippen LogP contribution in [0.2, 0.25) is 0 Å². The van der Waals surface area contributed by atoms with Crippen molar-refractivity contribution in [1.29, 1.82) is 0 Å². The van der Waals surface area contributed by atoms with Gasteiger partial charge in [0.25, 0.3) is 5.91 Å². The third kappa shape index (κ3) is 6.20. The van der Waals surface area contributed by atoms with Crippen LogP contribution in [0.4, 0.5) is 0 Å². The first kappa shape index (κ1) is 21.1. The molecule has 2 aromatic rings. The molecule has 0 aliphatic rings. The number of benzene rings is 1. The average Bonchev–Trinajstić information content (AvgIpc) is 3.09. The van der Waals surface area contributed by atoms with Crippen molar-refractivity contribution in [2.45, 2.75) is 39.5 Å². The largest absolute Gasteiger partial charge is 0.391 e. The van der Waals surface area contributed by atoms with Gasteiger partial charge < -0.3 is 25.6 Å². The molecule has 1 aromatic carbocycles. The van der Waals surface area contributed by atoms with Crippen LogP contribution >= 0.6 is 0 Å². The Kier molecular flexibility index (Phi) is 7.28. The van der Waals surface area contributed by atoms with Gasteiger partial charge in [-0.3, -0.25) is 14.4 Å². The van der Waals surface area contributed by atoms with Gasteiger partial charge in [-0.2, -0.15) is 0 Å². The van der Waals surface area contributed by atoms with Crippen LogP contribution in [0.5, 0.6) is 0 Å². The first-order valence-corrected chi connectivity index (χ1v) is 8.78. The molecule has 0 aliphatic heterocycles. The van der Waals surface area contributed by atoms with E-state index in [9.17, 15) is 19.5 Å². The molecule has 1 heterocycles. The van der Waals surface area contributed by atoms with Crippen molar-refractivity contribution < 1.29 is 24.0 Å². The van der Waals surface area contributed by atoms with E-state index in [0.29, 0.717) is 12.3 Å². The summed E-state index contributed by atoms with van der Waals surface area (Å²) in [6.07, 6.45) is -1.17. The van der Waals surface area contributed by atoms with Gasteiger partial charge in [0.05, 0.1) is 12.6 Å². The lowest BCUT2D eigenvalue weighted by Crippen LogP contribution is -2.53. The molecule has 2 atom stereocenters. The Bertz CT molecular complexity index is 829. The van der Waals surface area contributed by atoms with Crippen molar-refractivity contribution in [3.05, 3.63) is 52.9 Å². The number of aliphatic hydroxyl groups is 1. The number of nitrogens with zero attached hydrogens (tertiary/aromatic N) is 1. The van der Waals surface area contributed by atoms with Gasteiger partial charge >= 0.3 is 0 Å². The Morgan fingerprint density at radius 3 is 2.39 bits per heavy atom. The molecule has 0 saturated carbocycles. The zero-order valence-corrected chi connectivity index (χ0v) is 16.0. The average molecular weight is 388 g/mol. The third-order valence-corrected chi connectivity index (χ3v) is 3.95. The summed E-state index contributed by atoms with van der Waals surface area (Å²) in [4.78, 5) is 36.3. The summed E-state index contributed by atoms with van der Waals surface area (Å²) in [5.41, 5.74) is 2.04. The van der Waals surface area contributed by atoms with Crippen molar-refractivity contribution >= 4 is 17.7 Å². The third-order valence-electron chi connectivity index (χ3n) is 3.95. The van der Waals surface area contributed by atoms with Crippen molar-refractivity contribution in [1.82, 2.24) is 21.1 Å². The van der Waals surface area contributed by atoms with E-state index < -0.39 is 29.9 Å². The summed E-state index contributed by atoms with van der Waals surface area (Å²) in [6.45, 7) is 5.00. The minimum Gasteiger partial charge on any atom is -0.391 e. The highest BCUT2D eigenvalue weighted by molar-refractivity contribution is 5.97. The molecule has 3 amide bonds. The predicted molar refractivity (Wildman–Crippen MR) is 100 cm³/mol. The maximum absolute atomic E-state index is 12.3. The van der Waals surface area contributed by atoms with Crippen molar-refractivity contribution in [2.24, 2.45) is 0 Å². The van der Waals surface area contributed by atoms with Crippen LogP contribution in [0, 0.1) is 13.8 Å². The monoisotopic (exact) mass is 388 g/mol.